The summed E-state index contributed by atoms with van der Waals surface area (Å²) in [4.78, 5) is 5.52. The molecular formula is C14H21N3O3. The van der Waals surface area contributed by atoms with E-state index in [1.807, 2.05) is 19.9 Å². The first-order valence-electron chi connectivity index (χ1n) is 7.03. The Morgan fingerprint density at radius 3 is 2.70 bits per heavy atom. The maximum atomic E-state index is 9.12. The molecule has 0 aromatic heterocycles. The van der Waals surface area contributed by atoms with E-state index in [2.05, 4.69) is 9.69 Å². The number of hydrogen-bond acceptors (Lipinski definition) is 4. The third-order valence-corrected chi connectivity index (χ3v) is 3.25. The molecule has 1 atom stereocenters. The Balaban J connectivity index is 2.27. The zero-order valence-electron chi connectivity index (χ0n) is 12.0. The molecule has 0 aromatic carbocycles. The second-order valence-electron chi connectivity index (χ2n) is 4.49. The highest BCUT2D eigenvalue weighted by molar-refractivity contribution is 5.97. The van der Waals surface area contributed by atoms with Crippen LogP contribution in [0.25, 0.3) is 5.53 Å². The number of rotatable bonds is 5. The Hall–Kier alpha value is -1.62. The van der Waals surface area contributed by atoms with Crippen molar-refractivity contribution in [2.45, 2.75) is 20.0 Å². The normalized spacial score (nSPS) is 23.0. The van der Waals surface area contributed by atoms with Crippen LogP contribution in [0.3, 0.4) is 0 Å². The van der Waals surface area contributed by atoms with Crippen molar-refractivity contribution in [2.75, 3.05) is 39.5 Å². The van der Waals surface area contributed by atoms with E-state index in [-0.39, 0.29) is 6.10 Å². The minimum atomic E-state index is -0.341. The average molecular weight is 279 g/mol. The topological polar surface area (TPSA) is 67.3 Å². The lowest BCUT2D eigenvalue weighted by Gasteiger charge is -2.33. The van der Waals surface area contributed by atoms with Crippen molar-refractivity contribution in [1.82, 2.24) is 4.90 Å². The van der Waals surface area contributed by atoms with Crippen LogP contribution in [0.5, 0.6) is 0 Å². The maximum absolute atomic E-state index is 9.12. The molecule has 6 heteroatoms. The number of hydrogen-bond donors (Lipinski definition) is 0. The largest absolute Gasteiger partial charge is 0.491 e. The van der Waals surface area contributed by atoms with Gasteiger partial charge in [0.05, 0.1) is 31.6 Å². The first-order valence-corrected chi connectivity index (χ1v) is 7.03. The van der Waals surface area contributed by atoms with Crippen molar-refractivity contribution in [1.29, 1.82) is 0 Å². The first-order chi connectivity index (χ1) is 9.80. The van der Waals surface area contributed by atoms with E-state index >= 15 is 0 Å². The number of morpholine rings is 1. The zero-order valence-corrected chi connectivity index (χ0v) is 12.0. The molecule has 1 saturated heterocycles. The van der Waals surface area contributed by atoms with Crippen LogP contribution >= 0.6 is 0 Å². The van der Waals surface area contributed by atoms with E-state index in [4.69, 9.17) is 19.7 Å². The van der Waals surface area contributed by atoms with Gasteiger partial charge in [-0.3, -0.25) is 0 Å². The predicted molar refractivity (Wildman–Crippen MR) is 74.2 cm³/mol. The van der Waals surface area contributed by atoms with Crippen LogP contribution in [-0.2, 0) is 14.2 Å². The van der Waals surface area contributed by atoms with Crippen LogP contribution < -0.4 is 0 Å². The van der Waals surface area contributed by atoms with Gasteiger partial charge < -0.3 is 24.6 Å². The molecule has 0 N–H and O–H groups in total. The fourth-order valence-electron chi connectivity index (χ4n) is 2.34. The van der Waals surface area contributed by atoms with E-state index in [0.717, 1.165) is 24.5 Å². The summed E-state index contributed by atoms with van der Waals surface area (Å²) in [6.45, 7) is 8.01. The van der Waals surface area contributed by atoms with Crippen molar-refractivity contribution >= 4 is 5.71 Å². The summed E-state index contributed by atoms with van der Waals surface area (Å²) in [5.41, 5.74) is 10.6. The van der Waals surface area contributed by atoms with Gasteiger partial charge in [-0.05, 0) is 19.9 Å². The molecule has 0 radical (unpaired) electrons. The van der Waals surface area contributed by atoms with Gasteiger partial charge in [0.15, 0.2) is 6.10 Å². The fourth-order valence-corrected chi connectivity index (χ4v) is 2.34. The fraction of sp³-hybridized carbons (Fsp3) is 0.643. The summed E-state index contributed by atoms with van der Waals surface area (Å²) in [5, 5.41) is 0. The lowest BCUT2D eigenvalue weighted by molar-refractivity contribution is -0.0230. The van der Waals surface area contributed by atoms with Crippen LogP contribution in [0.2, 0.25) is 0 Å². The minimum Gasteiger partial charge on any atom is -0.491 e. The van der Waals surface area contributed by atoms with Crippen LogP contribution in [-0.4, -0.2) is 61.0 Å². The van der Waals surface area contributed by atoms with E-state index in [1.165, 1.54) is 0 Å². The molecule has 0 aromatic rings. The highest BCUT2D eigenvalue weighted by atomic mass is 16.5. The molecule has 0 amide bonds. The summed E-state index contributed by atoms with van der Waals surface area (Å²) < 4.78 is 16.7. The van der Waals surface area contributed by atoms with Gasteiger partial charge in [0, 0.05) is 19.7 Å². The Morgan fingerprint density at radius 2 is 2.10 bits per heavy atom. The predicted octanol–water partition coefficient (Wildman–Crippen LogP) is 1.21. The zero-order chi connectivity index (χ0) is 14.4. The molecule has 6 nitrogen and oxygen atoms in total. The van der Waals surface area contributed by atoms with Gasteiger partial charge in [-0.15, -0.1) is 0 Å². The average Bonchev–Trinajstić information content (AvgIpc) is 2.49. The van der Waals surface area contributed by atoms with E-state index in [0.29, 0.717) is 32.1 Å². The maximum Gasteiger partial charge on any atom is 0.328 e. The van der Waals surface area contributed by atoms with Crippen LogP contribution in [0.1, 0.15) is 13.8 Å². The third-order valence-electron chi connectivity index (χ3n) is 3.25. The van der Waals surface area contributed by atoms with Crippen molar-refractivity contribution < 1.29 is 19.0 Å². The van der Waals surface area contributed by atoms with E-state index in [9.17, 15) is 0 Å². The van der Waals surface area contributed by atoms with Crippen LogP contribution in [0.4, 0.5) is 0 Å². The van der Waals surface area contributed by atoms with Crippen molar-refractivity contribution in [2.24, 2.45) is 0 Å². The Bertz CT molecular complexity index is 447. The summed E-state index contributed by atoms with van der Waals surface area (Å²) in [6, 6.07) is 0. The van der Waals surface area contributed by atoms with Crippen molar-refractivity contribution in [3.63, 3.8) is 0 Å². The van der Waals surface area contributed by atoms with Crippen LogP contribution in [0, 0.1) is 0 Å². The van der Waals surface area contributed by atoms with E-state index < -0.39 is 0 Å². The van der Waals surface area contributed by atoms with Crippen LogP contribution in [0.15, 0.2) is 23.6 Å². The molecule has 1 fully saturated rings. The van der Waals surface area contributed by atoms with Gasteiger partial charge in [-0.25, -0.2) is 0 Å². The van der Waals surface area contributed by atoms with Gasteiger partial charge >= 0.3 is 5.71 Å². The monoisotopic (exact) mass is 279 g/mol. The molecule has 110 valence electrons. The van der Waals surface area contributed by atoms with Crippen molar-refractivity contribution in [3.05, 3.63) is 29.1 Å². The Labute approximate surface area is 119 Å². The van der Waals surface area contributed by atoms with E-state index in [1.54, 1.807) is 6.08 Å². The Kier molecular flexibility index (Phi) is 5.35. The molecule has 0 bridgehead atoms. The third kappa shape index (κ3) is 3.28. The number of nitrogens with zero attached hydrogens (tertiary/aromatic N) is 3. The summed E-state index contributed by atoms with van der Waals surface area (Å²) in [6.07, 6.45) is 3.36. The first kappa shape index (κ1) is 14.8. The smallest absolute Gasteiger partial charge is 0.328 e. The standard InChI is InChI=1S/C14H21N3O3/c1-3-19-13-10-12(17-5-7-18-8-6-17)14(20-4-2)9-11(13)16-15/h9-10,13H,3-8H2,1-2H3. The summed E-state index contributed by atoms with van der Waals surface area (Å²) in [7, 11) is 0. The lowest BCUT2D eigenvalue weighted by Crippen LogP contribution is -2.39. The van der Waals surface area contributed by atoms with Gasteiger partial charge in [0.25, 0.3) is 0 Å². The molecule has 2 aliphatic rings. The molecule has 2 rings (SSSR count). The second kappa shape index (κ2) is 7.24. The quantitative estimate of drug-likeness (QED) is 0.560. The highest BCUT2D eigenvalue weighted by Gasteiger charge is 2.31. The van der Waals surface area contributed by atoms with Gasteiger partial charge in [-0.2, -0.15) is 4.79 Å². The highest BCUT2D eigenvalue weighted by Crippen LogP contribution is 2.24. The molecule has 1 aliphatic heterocycles. The molecule has 1 unspecified atom stereocenters. The SMILES string of the molecule is CCOC1=CC(=[N+]=[N-])C(OCC)C=C1N1CCOCC1. The minimum absolute atomic E-state index is 0.341. The van der Waals surface area contributed by atoms with Crippen molar-refractivity contribution in [3.8, 4) is 0 Å². The molecular weight excluding hydrogens is 258 g/mol. The molecule has 0 saturated carbocycles. The summed E-state index contributed by atoms with van der Waals surface area (Å²) >= 11 is 0. The molecule has 0 spiro atoms. The molecule has 1 heterocycles. The summed E-state index contributed by atoms with van der Waals surface area (Å²) in [5.74, 6) is 0.721. The molecule has 20 heavy (non-hydrogen) atoms. The van der Waals surface area contributed by atoms with Gasteiger partial charge in [-0.1, -0.05) is 0 Å². The Morgan fingerprint density at radius 1 is 1.35 bits per heavy atom. The lowest BCUT2D eigenvalue weighted by atomic mass is 10.0. The van der Waals surface area contributed by atoms with Gasteiger partial charge in [0.2, 0.25) is 0 Å². The van der Waals surface area contributed by atoms with Gasteiger partial charge in [0.1, 0.15) is 5.76 Å². The molecule has 1 aliphatic carbocycles. The number of ether oxygens (including phenoxy) is 3. The second-order valence-corrected chi connectivity index (χ2v) is 4.49.